The fourth-order valence-electron chi connectivity index (χ4n) is 2.24. The van der Waals surface area contributed by atoms with Crippen LogP contribution in [0.4, 0.5) is 10.1 Å². The van der Waals surface area contributed by atoms with Crippen LogP contribution in [0.3, 0.4) is 0 Å². The van der Waals surface area contributed by atoms with Gasteiger partial charge in [-0.15, -0.1) is 0 Å². The van der Waals surface area contributed by atoms with Crippen molar-refractivity contribution >= 4 is 5.69 Å². The fourth-order valence-corrected chi connectivity index (χ4v) is 2.24. The van der Waals surface area contributed by atoms with E-state index in [9.17, 15) is 9.65 Å². The first-order valence-electron chi connectivity index (χ1n) is 6.93. The number of hydrogen-bond acceptors (Lipinski definition) is 3. The molecule has 0 saturated carbocycles. The van der Waals surface area contributed by atoms with Crippen molar-refractivity contribution in [3.63, 3.8) is 0 Å². The smallest absolute Gasteiger partial charge is 0.124 e. The number of hydrogen-bond donors (Lipinski definition) is 1. The lowest BCUT2D eigenvalue weighted by Gasteiger charge is -2.26. The van der Waals surface area contributed by atoms with E-state index in [1.54, 1.807) is 6.07 Å². The zero-order chi connectivity index (χ0) is 15.1. The predicted octanol–water partition coefficient (Wildman–Crippen LogP) is 3.05. The molecule has 0 unspecified atom stereocenters. The van der Waals surface area contributed by atoms with E-state index in [4.69, 9.17) is 5.73 Å². The molecular formula is C17H18FN3. The average molecular weight is 283 g/mol. The molecule has 0 aliphatic rings. The first-order chi connectivity index (χ1) is 10.2. The van der Waals surface area contributed by atoms with Gasteiger partial charge < -0.3 is 10.6 Å². The molecule has 0 heterocycles. The molecule has 2 aromatic rings. The van der Waals surface area contributed by atoms with Gasteiger partial charge in [0.05, 0.1) is 11.3 Å². The highest BCUT2D eigenvalue weighted by molar-refractivity contribution is 5.59. The number of halogens is 1. The second-order valence-corrected chi connectivity index (χ2v) is 4.82. The van der Waals surface area contributed by atoms with Gasteiger partial charge in [0.2, 0.25) is 0 Å². The molecular weight excluding hydrogens is 265 g/mol. The van der Waals surface area contributed by atoms with Crippen LogP contribution >= 0.6 is 0 Å². The van der Waals surface area contributed by atoms with Gasteiger partial charge in [-0.25, -0.2) is 4.39 Å². The minimum absolute atomic E-state index is 0.350. The van der Waals surface area contributed by atoms with Crippen molar-refractivity contribution in [2.24, 2.45) is 5.73 Å². The molecule has 0 aromatic heterocycles. The first kappa shape index (κ1) is 15.0. The van der Waals surface area contributed by atoms with Crippen LogP contribution in [-0.4, -0.2) is 13.1 Å². The Morgan fingerprint density at radius 1 is 1.14 bits per heavy atom. The van der Waals surface area contributed by atoms with E-state index in [1.165, 1.54) is 12.1 Å². The highest BCUT2D eigenvalue weighted by Crippen LogP contribution is 2.23. The average Bonchev–Trinajstić information content (AvgIpc) is 2.52. The van der Waals surface area contributed by atoms with Crippen LogP contribution < -0.4 is 10.6 Å². The van der Waals surface area contributed by atoms with Crippen LogP contribution in [0.1, 0.15) is 17.5 Å². The zero-order valence-electron chi connectivity index (χ0n) is 11.8. The summed E-state index contributed by atoms with van der Waals surface area (Å²) in [6.07, 6.45) is 0.815. The van der Waals surface area contributed by atoms with Gasteiger partial charge in [0.1, 0.15) is 11.9 Å². The molecule has 2 aromatic carbocycles. The van der Waals surface area contributed by atoms with E-state index in [1.807, 2.05) is 30.3 Å². The van der Waals surface area contributed by atoms with Gasteiger partial charge in [-0.05, 0) is 36.7 Å². The molecule has 2 rings (SSSR count). The van der Waals surface area contributed by atoms with Crippen molar-refractivity contribution in [3.05, 3.63) is 65.5 Å². The van der Waals surface area contributed by atoms with Gasteiger partial charge in [-0.3, -0.25) is 0 Å². The summed E-state index contributed by atoms with van der Waals surface area (Å²) < 4.78 is 13.3. The molecule has 0 radical (unpaired) electrons. The van der Waals surface area contributed by atoms with E-state index < -0.39 is 5.82 Å². The maximum atomic E-state index is 13.3. The highest BCUT2D eigenvalue weighted by Gasteiger charge is 2.12. The maximum absolute atomic E-state index is 13.3. The van der Waals surface area contributed by atoms with E-state index in [0.717, 1.165) is 24.2 Å². The summed E-state index contributed by atoms with van der Waals surface area (Å²) in [5.74, 6) is -0.395. The van der Waals surface area contributed by atoms with Crippen LogP contribution in [0.5, 0.6) is 0 Å². The maximum Gasteiger partial charge on any atom is 0.124 e. The second-order valence-electron chi connectivity index (χ2n) is 4.82. The van der Waals surface area contributed by atoms with Crippen LogP contribution in [0.25, 0.3) is 0 Å². The van der Waals surface area contributed by atoms with Gasteiger partial charge in [-0.2, -0.15) is 5.26 Å². The number of nitrogens with two attached hydrogens (primary N) is 1. The summed E-state index contributed by atoms with van der Waals surface area (Å²) >= 11 is 0. The van der Waals surface area contributed by atoms with Crippen molar-refractivity contribution < 1.29 is 4.39 Å². The number of nitriles is 1. The van der Waals surface area contributed by atoms with Crippen molar-refractivity contribution in [1.29, 1.82) is 5.26 Å². The van der Waals surface area contributed by atoms with Gasteiger partial charge >= 0.3 is 0 Å². The SMILES string of the molecule is N#Cc1cc(F)ccc1N(CCCN)Cc1ccccc1. The molecule has 4 heteroatoms. The molecule has 0 spiro atoms. The molecule has 0 bridgehead atoms. The Bertz CT molecular complexity index is 620. The molecule has 0 amide bonds. The summed E-state index contributed by atoms with van der Waals surface area (Å²) in [5, 5.41) is 9.22. The molecule has 0 atom stereocenters. The lowest BCUT2D eigenvalue weighted by Crippen LogP contribution is -2.26. The molecule has 0 aliphatic carbocycles. The molecule has 0 aliphatic heterocycles. The standard InChI is InChI=1S/C17H18FN3/c18-16-7-8-17(15(11-16)12-20)21(10-4-9-19)13-14-5-2-1-3-6-14/h1-3,5-8,11H,4,9-10,13,19H2. The minimum atomic E-state index is -0.395. The first-order valence-corrected chi connectivity index (χ1v) is 6.93. The van der Waals surface area contributed by atoms with Gasteiger partial charge in [0.25, 0.3) is 0 Å². The topological polar surface area (TPSA) is 53.0 Å². The van der Waals surface area contributed by atoms with E-state index in [2.05, 4.69) is 11.0 Å². The number of benzene rings is 2. The summed E-state index contributed by atoms with van der Waals surface area (Å²) in [7, 11) is 0. The van der Waals surface area contributed by atoms with E-state index in [-0.39, 0.29) is 0 Å². The Morgan fingerprint density at radius 3 is 2.57 bits per heavy atom. The second kappa shape index (κ2) is 7.41. The summed E-state index contributed by atoms with van der Waals surface area (Å²) in [4.78, 5) is 2.07. The number of anilines is 1. The Labute approximate surface area is 124 Å². The predicted molar refractivity (Wildman–Crippen MR) is 82.3 cm³/mol. The van der Waals surface area contributed by atoms with Crippen molar-refractivity contribution in [2.45, 2.75) is 13.0 Å². The Hall–Kier alpha value is -2.38. The highest BCUT2D eigenvalue weighted by atomic mass is 19.1. The normalized spacial score (nSPS) is 10.1. The van der Waals surface area contributed by atoms with Crippen molar-refractivity contribution in [2.75, 3.05) is 18.0 Å². The van der Waals surface area contributed by atoms with Crippen LogP contribution in [0.15, 0.2) is 48.5 Å². The summed E-state index contributed by atoms with van der Waals surface area (Å²) in [6.45, 7) is 1.97. The van der Waals surface area contributed by atoms with Gasteiger partial charge in [0, 0.05) is 13.1 Å². The molecule has 2 N–H and O–H groups in total. The fraction of sp³-hybridized carbons (Fsp3) is 0.235. The zero-order valence-corrected chi connectivity index (χ0v) is 11.8. The molecule has 21 heavy (non-hydrogen) atoms. The van der Waals surface area contributed by atoms with Crippen molar-refractivity contribution in [3.8, 4) is 6.07 Å². The summed E-state index contributed by atoms with van der Waals surface area (Å²) in [6, 6.07) is 16.4. The lowest BCUT2D eigenvalue weighted by molar-refractivity contribution is 0.626. The number of rotatable bonds is 6. The van der Waals surface area contributed by atoms with Crippen LogP contribution in [0.2, 0.25) is 0 Å². The Morgan fingerprint density at radius 2 is 1.90 bits per heavy atom. The van der Waals surface area contributed by atoms with Gasteiger partial charge in [0.15, 0.2) is 0 Å². The quantitative estimate of drug-likeness (QED) is 0.886. The minimum Gasteiger partial charge on any atom is -0.366 e. The third-order valence-corrected chi connectivity index (χ3v) is 3.27. The number of nitrogens with zero attached hydrogens (tertiary/aromatic N) is 2. The molecule has 3 nitrogen and oxygen atoms in total. The van der Waals surface area contributed by atoms with Crippen molar-refractivity contribution in [1.82, 2.24) is 0 Å². The Kier molecular flexibility index (Phi) is 5.30. The molecule has 0 fully saturated rings. The largest absolute Gasteiger partial charge is 0.366 e. The van der Waals surface area contributed by atoms with E-state index >= 15 is 0 Å². The summed E-state index contributed by atoms with van der Waals surface area (Å²) in [5.41, 5.74) is 7.83. The molecule has 0 saturated heterocycles. The third-order valence-electron chi connectivity index (χ3n) is 3.27. The Balaban J connectivity index is 2.29. The monoisotopic (exact) mass is 283 g/mol. The third kappa shape index (κ3) is 4.04. The van der Waals surface area contributed by atoms with E-state index in [0.29, 0.717) is 18.7 Å². The van der Waals surface area contributed by atoms with Gasteiger partial charge in [-0.1, -0.05) is 30.3 Å². The molecule has 108 valence electrons. The lowest BCUT2D eigenvalue weighted by atomic mass is 10.1. The van der Waals surface area contributed by atoms with Crippen LogP contribution in [0, 0.1) is 17.1 Å². The van der Waals surface area contributed by atoms with Crippen LogP contribution in [-0.2, 0) is 6.54 Å².